The van der Waals surface area contributed by atoms with E-state index in [1.165, 1.54) is 0 Å². The number of nitrogens with one attached hydrogen (secondary N) is 3. The van der Waals surface area contributed by atoms with Crippen molar-refractivity contribution in [1.29, 1.82) is 0 Å². The zero-order valence-corrected chi connectivity index (χ0v) is 9.69. The fourth-order valence-corrected chi connectivity index (χ4v) is 1.32. The van der Waals surface area contributed by atoms with Crippen LogP contribution < -0.4 is 16.4 Å². The minimum Gasteiger partial charge on any atom is -0.347 e. The van der Waals surface area contributed by atoms with Crippen LogP contribution in [0.5, 0.6) is 0 Å². The molecule has 7 nitrogen and oxygen atoms in total. The number of aromatic amines is 1. The van der Waals surface area contributed by atoms with Gasteiger partial charge in [-0.2, -0.15) is 0 Å². The molecule has 0 radical (unpaired) electrons. The number of nitrogens with zero attached hydrogens (tertiary/aromatic N) is 1. The number of aromatic nitrogens is 2. The van der Waals surface area contributed by atoms with Gasteiger partial charge in [0.15, 0.2) is 0 Å². The molecular weight excluding hydrogens is 222 g/mol. The van der Waals surface area contributed by atoms with Crippen molar-refractivity contribution in [2.75, 3.05) is 13.1 Å². The smallest absolute Gasteiger partial charge is 0.309 e. The van der Waals surface area contributed by atoms with E-state index in [2.05, 4.69) is 20.6 Å². The first-order valence-electron chi connectivity index (χ1n) is 5.47. The van der Waals surface area contributed by atoms with Gasteiger partial charge in [0.05, 0.1) is 6.04 Å². The van der Waals surface area contributed by atoms with Crippen molar-refractivity contribution in [1.82, 2.24) is 20.6 Å². The second-order valence-corrected chi connectivity index (χ2v) is 3.45. The first kappa shape index (κ1) is 13.2. The molecule has 0 saturated carbocycles. The number of rotatable bonds is 5. The Bertz CT molecular complexity index is 363. The summed E-state index contributed by atoms with van der Waals surface area (Å²) in [6.45, 7) is 2.48. The van der Waals surface area contributed by atoms with E-state index in [9.17, 15) is 9.59 Å². The highest BCUT2D eigenvalue weighted by molar-refractivity contribution is 6.35. The van der Waals surface area contributed by atoms with Crippen molar-refractivity contribution in [2.45, 2.75) is 19.4 Å². The van der Waals surface area contributed by atoms with E-state index in [0.717, 1.165) is 0 Å². The van der Waals surface area contributed by atoms with Crippen molar-refractivity contribution >= 4 is 11.8 Å². The molecule has 0 aliphatic heterocycles. The van der Waals surface area contributed by atoms with Crippen molar-refractivity contribution in [3.8, 4) is 0 Å². The zero-order chi connectivity index (χ0) is 12.7. The highest BCUT2D eigenvalue weighted by Crippen LogP contribution is 2.10. The molecule has 0 saturated heterocycles. The molecule has 1 aromatic rings. The Morgan fingerprint density at radius 1 is 1.53 bits per heavy atom. The first-order valence-corrected chi connectivity index (χ1v) is 5.47. The predicted octanol–water partition coefficient (Wildman–Crippen LogP) is -0.948. The molecule has 2 amide bonds. The van der Waals surface area contributed by atoms with E-state index < -0.39 is 11.8 Å². The molecule has 0 aromatic carbocycles. The standard InChI is InChI=1S/C10H17N5O2/c1-2-7(8-12-5-6-13-8)15-10(17)9(16)14-4-3-11/h5-7H,2-4,11H2,1H3,(H,12,13)(H,14,16)(H,15,17). The molecule has 0 fully saturated rings. The molecule has 0 aliphatic rings. The van der Waals surface area contributed by atoms with Gasteiger partial charge in [-0.15, -0.1) is 0 Å². The van der Waals surface area contributed by atoms with Crippen LogP contribution in [0.15, 0.2) is 12.4 Å². The first-order chi connectivity index (χ1) is 8.19. The monoisotopic (exact) mass is 239 g/mol. The molecule has 0 aliphatic carbocycles. The zero-order valence-electron chi connectivity index (χ0n) is 9.69. The van der Waals surface area contributed by atoms with E-state index in [1.54, 1.807) is 12.4 Å². The number of hydrogen-bond acceptors (Lipinski definition) is 4. The molecule has 1 unspecified atom stereocenters. The van der Waals surface area contributed by atoms with E-state index >= 15 is 0 Å². The van der Waals surface area contributed by atoms with Crippen LogP contribution in [0.4, 0.5) is 0 Å². The van der Waals surface area contributed by atoms with Gasteiger partial charge in [-0.1, -0.05) is 6.92 Å². The van der Waals surface area contributed by atoms with Crippen LogP contribution >= 0.6 is 0 Å². The fraction of sp³-hybridized carbons (Fsp3) is 0.500. The molecule has 1 atom stereocenters. The Kier molecular flexibility index (Phi) is 5.15. The van der Waals surface area contributed by atoms with E-state index in [0.29, 0.717) is 18.8 Å². The summed E-state index contributed by atoms with van der Waals surface area (Å²) in [5.41, 5.74) is 5.22. The van der Waals surface area contributed by atoms with Gasteiger partial charge < -0.3 is 21.4 Å². The maximum absolute atomic E-state index is 11.5. The van der Waals surface area contributed by atoms with Crippen LogP contribution in [0.25, 0.3) is 0 Å². The molecule has 17 heavy (non-hydrogen) atoms. The number of imidazole rings is 1. The van der Waals surface area contributed by atoms with E-state index in [1.807, 2.05) is 6.92 Å². The minimum absolute atomic E-state index is 0.282. The Hall–Kier alpha value is -1.89. The SMILES string of the molecule is CCC(NC(=O)C(=O)NCCN)c1ncc[nH]1. The number of carbonyl (C=O) groups excluding carboxylic acids is 2. The lowest BCUT2D eigenvalue weighted by Gasteiger charge is -2.14. The van der Waals surface area contributed by atoms with Crippen LogP contribution in [0.1, 0.15) is 25.2 Å². The third-order valence-corrected chi connectivity index (χ3v) is 2.20. The Morgan fingerprint density at radius 2 is 2.29 bits per heavy atom. The maximum atomic E-state index is 11.5. The van der Waals surface area contributed by atoms with Gasteiger partial charge in [-0.05, 0) is 6.42 Å². The molecule has 5 N–H and O–H groups in total. The van der Waals surface area contributed by atoms with Crippen LogP contribution in [-0.2, 0) is 9.59 Å². The number of H-pyrrole nitrogens is 1. The van der Waals surface area contributed by atoms with Crippen LogP contribution in [0.3, 0.4) is 0 Å². The lowest BCUT2D eigenvalue weighted by atomic mass is 10.2. The predicted molar refractivity (Wildman–Crippen MR) is 61.8 cm³/mol. The normalized spacial score (nSPS) is 11.9. The largest absolute Gasteiger partial charge is 0.347 e. The molecule has 1 heterocycles. The molecule has 1 rings (SSSR count). The summed E-state index contributed by atoms with van der Waals surface area (Å²) in [4.78, 5) is 29.8. The molecular formula is C10H17N5O2. The third kappa shape index (κ3) is 3.87. The van der Waals surface area contributed by atoms with Crippen molar-refractivity contribution in [3.05, 3.63) is 18.2 Å². The highest BCUT2D eigenvalue weighted by Gasteiger charge is 2.19. The Balaban J connectivity index is 2.51. The topological polar surface area (TPSA) is 113 Å². The van der Waals surface area contributed by atoms with Crippen molar-refractivity contribution in [3.63, 3.8) is 0 Å². The number of nitrogens with two attached hydrogens (primary N) is 1. The Morgan fingerprint density at radius 3 is 2.82 bits per heavy atom. The van der Waals surface area contributed by atoms with Gasteiger partial charge >= 0.3 is 11.8 Å². The second-order valence-electron chi connectivity index (χ2n) is 3.45. The van der Waals surface area contributed by atoms with Crippen LogP contribution in [0.2, 0.25) is 0 Å². The van der Waals surface area contributed by atoms with E-state index in [-0.39, 0.29) is 12.6 Å². The maximum Gasteiger partial charge on any atom is 0.309 e. The van der Waals surface area contributed by atoms with Crippen molar-refractivity contribution in [2.24, 2.45) is 5.73 Å². The summed E-state index contributed by atoms with van der Waals surface area (Å²) in [6, 6.07) is -0.291. The molecule has 0 bridgehead atoms. The van der Waals surface area contributed by atoms with Gasteiger partial charge in [0.1, 0.15) is 5.82 Å². The summed E-state index contributed by atoms with van der Waals surface area (Å²) in [7, 11) is 0. The Labute approximate surface area is 99.2 Å². The van der Waals surface area contributed by atoms with Crippen LogP contribution in [-0.4, -0.2) is 34.9 Å². The quantitative estimate of drug-likeness (QED) is 0.496. The van der Waals surface area contributed by atoms with Crippen LogP contribution in [0, 0.1) is 0 Å². The average Bonchev–Trinajstić information content (AvgIpc) is 2.86. The highest BCUT2D eigenvalue weighted by atomic mass is 16.2. The average molecular weight is 239 g/mol. The van der Waals surface area contributed by atoms with E-state index in [4.69, 9.17) is 5.73 Å². The number of carbonyl (C=O) groups is 2. The summed E-state index contributed by atoms with van der Waals surface area (Å²) >= 11 is 0. The summed E-state index contributed by atoms with van der Waals surface area (Å²) in [5.74, 6) is -0.727. The molecule has 0 spiro atoms. The van der Waals surface area contributed by atoms with Crippen molar-refractivity contribution < 1.29 is 9.59 Å². The van der Waals surface area contributed by atoms with Gasteiger partial charge in [0.2, 0.25) is 0 Å². The fourth-order valence-electron chi connectivity index (χ4n) is 1.32. The molecule has 94 valence electrons. The van der Waals surface area contributed by atoms with Gasteiger partial charge in [0, 0.05) is 25.5 Å². The summed E-state index contributed by atoms with van der Waals surface area (Å²) in [6.07, 6.45) is 3.90. The van der Waals surface area contributed by atoms with Gasteiger partial charge in [0.25, 0.3) is 0 Å². The van der Waals surface area contributed by atoms with Gasteiger partial charge in [-0.3, -0.25) is 9.59 Å². The lowest BCUT2D eigenvalue weighted by Crippen LogP contribution is -2.43. The second kappa shape index (κ2) is 6.64. The number of hydrogen-bond donors (Lipinski definition) is 4. The lowest BCUT2D eigenvalue weighted by molar-refractivity contribution is -0.139. The number of amides is 2. The summed E-state index contributed by atoms with van der Waals surface area (Å²) in [5, 5.41) is 4.99. The molecule has 1 aromatic heterocycles. The molecule has 7 heteroatoms. The minimum atomic E-state index is -0.680. The van der Waals surface area contributed by atoms with Gasteiger partial charge in [-0.25, -0.2) is 4.98 Å². The summed E-state index contributed by atoms with van der Waals surface area (Å²) < 4.78 is 0. The third-order valence-electron chi connectivity index (χ3n) is 2.20.